The standard InChI is InChI=1S/C11H18O3/c1-5-10(3)8(7-12)9(13)11(4,6-2)14-10/h7-8H,5-6H2,1-4H3. The zero-order valence-electron chi connectivity index (χ0n) is 9.29. The maximum atomic E-state index is 11.9. The second kappa shape index (κ2) is 3.46. The first-order chi connectivity index (χ1) is 6.43. The summed E-state index contributed by atoms with van der Waals surface area (Å²) in [6.07, 6.45) is 2.02. The van der Waals surface area contributed by atoms with Crippen LogP contribution in [-0.2, 0) is 14.3 Å². The lowest BCUT2D eigenvalue weighted by molar-refractivity contribution is -0.136. The molecule has 1 aliphatic rings. The van der Waals surface area contributed by atoms with Crippen LogP contribution < -0.4 is 0 Å². The van der Waals surface area contributed by atoms with Crippen molar-refractivity contribution in [1.82, 2.24) is 0 Å². The molecule has 3 nitrogen and oxygen atoms in total. The smallest absolute Gasteiger partial charge is 0.177 e. The number of rotatable bonds is 3. The van der Waals surface area contributed by atoms with Crippen LogP contribution in [0.25, 0.3) is 0 Å². The lowest BCUT2D eigenvalue weighted by atomic mass is 9.83. The van der Waals surface area contributed by atoms with E-state index in [0.29, 0.717) is 12.8 Å². The number of carbonyl (C=O) groups is 2. The molecule has 80 valence electrons. The lowest BCUT2D eigenvalue weighted by Crippen LogP contribution is -2.33. The van der Waals surface area contributed by atoms with Gasteiger partial charge in [-0.05, 0) is 26.7 Å². The molecule has 0 radical (unpaired) electrons. The van der Waals surface area contributed by atoms with Crippen molar-refractivity contribution >= 4 is 12.1 Å². The summed E-state index contributed by atoms with van der Waals surface area (Å²) < 4.78 is 5.77. The van der Waals surface area contributed by atoms with Crippen LogP contribution in [0.4, 0.5) is 0 Å². The summed E-state index contributed by atoms with van der Waals surface area (Å²) >= 11 is 0. The van der Waals surface area contributed by atoms with Crippen molar-refractivity contribution in [3.05, 3.63) is 0 Å². The number of ketones is 1. The van der Waals surface area contributed by atoms with Gasteiger partial charge in [0, 0.05) is 0 Å². The van der Waals surface area contributed by atoms with E-state index in [2.05, 4.69) is 0 Å². The average molecular weight is 198 g/mol. The Bertz CT molecular complexity index is 261. The molecule has 3 unspecified atom stereocenters. The van der Waals surface area contributed by atoms with E-state index in [1.807, 2.05) is 20.8 Å². The van der Waals surface area contributed by atoms with Crippen LogP contribution in [-0.4, -0.2) is 23.3 Å². The van der Waals surface area contributed by atoms with E-state index in [0.717, 1.165) is 6.29 Å². The van der Waals surface area contributed by atoms with Crippen molar-refractivity contribution in [2.75, 3.05) is 0 Å². The molecule has 0 spiro atoms. The zero-order valence-corrected chi connectivity index (χ0v) is 9.29. The highest BCUT2D eigenvalue weighted by atomic mass is 16.5. The molecule has 0 aromatic rings. The topological polar surface area (TPSA) is 43.4 Å². The fraction of sp³-hybridized carbons (Fsp3) is 0.818. The van der Waals surface area contributed by atoms with Crippen molar-refractivity contribution in [2.24, 2.45) is 5.92 Å². The molecule has 1 aliphatic heterocycles. The minimum absolute atomic E-state index is 0.0700. The molecule has 1 fully saturated rings. The molecule has 0 aromatic heterocycles. The van der Waals surface area contributed by atoms with Gasteiger partial charge in [-0.2, -0.15) is 0 Å². The predicted octanol–water partition coefficient (Wildman–Crippen LogP) is 1.74. The molecular formula is C11H18O3. The molecule has 1 rings (SSSR count). The first kappa shape index (κ1) is 11.4. The minimum Gasteiger partial charge on any atom is -0.360 e. The van der Waals surface area contributed by atoms with Gasteiger partial charge < -0.3 is 9.53 Å². The molecule has 0 bridgehead atoms. The van der Waals surface area contributed by atoms with E-state index in [9.17, 15) is 9.59 Å². The van der Waals surface area contributed by atoms with Gasteiger partial charge in [0.1, 0.15) is 17.8 Å². The van der Waals surface area contributed by atoms with Gasteiger partial charge in [0.05, 0.1) is 5.60 Å². The van der Waals surface area contributed by atoms with Crippen molar-refractivity contribution in [2.45, 2.75) is 51.7 Å². The van der Waals surface area contributed by atoms with E-state index >= 15 is 0 Å². The highest BCUT2D eigenvalue weighted by molar-refractivity contribution is 6.01. The number of ether oxygens (including phenoxy) is 1. The van der Waals surface area contributed by atoms with E-state index in [-0.39, 0.29) is 5.78 Å². The largest absolute Gasteiger partial charge is 0.360 e. The first-order valence-electron chi connectivity index (χ1n) is 5.13. The normalized spacial score (nSPS) is 42.9. The maximum absolute atomic E-state index is 11.9. The number of hydrogen-bond acceptors (Lipinski definition) is 3. The van der Waals surface area contributed by atoms with Gasteiger partial charge in [-0.15, -0.1) is 0 Å². The number of hydrogen-bond donors (Lipinski definition) is 0. The Hall–Kier alpha value is -0.700. The predicted molar refractivity (Wildman–Crippen MR) is 53.0 cm³/mol. The molecule has 0 amide bonds. The average Bonchev–Trinajstić information content (AvgIpc) is 2.37. The fourth-order valence-corrected chi connectivity index (χ4v) is 1.98. The second-order valence-corrected chi connectivity index (χ2v) is 4.33. The van der Waals surface area contributed by atoms with Crippen molar-refractivity contribution in [3.63, 3.8) is 0 Å². The second-order valence-electron chi connectivity index (χ2n) is 4.33. The molecule has 0 aliphatic carbocycles. The Balaban J connectivity index is 3.07. The van der Waals surface area contributed by atoms with E-state index in [1.54, 1.807) is 6.92 Å². The Kier molecular flexibility index (Phi) is 2.81. The molecule has 0 aromatic carbocycles. The van der Waals surface area contributed by atoms with Crippen LogP contribution in [0.5, 0.6) is 0 Å². The van der Waals surface area contributed by atoms with Gasteiger partial charge in [-0.25, -0.2) is 0 Å². The molecule has 0 N–H and O–H groups in total. The summed E-state index contributed by atoms with van der Waals surface area (Å²) in [6.45, 7) is 7.45. The Morgan fingerprint density at radius 1 is 1.36 bits per heavy atom. The summed E-state index contributed by atoms with van der Waals surface area (Å²) in [5.41, 5.74) is -1.38. The van der Waals surface area contributed by atoms with Gasteiger partial charge >= 0.3 is 0 Å². The van der Waals surface area contributed by atoms with Crippen LogP contribution in [0.15, 0.2) is 0 Å². The highest BCUT2D eigenvalue weighted by Crippen LogP contribution is 2.42. The lowest BCUT2D eigenvalue weighted by Gasteiger charge is -2.28. The SMILES string of the molecule is CCC1(C)OC(C)(CC)C(C=O)C1=O. The molecule has 0 saturated carbocycles. The summed E-state index contributed by atoms with van der Waals surface area (Å²) in [5, 5.41) is 0. The van der Waals surface area contributed by atoms with Crippen LogP contribution in [0, 0.1) is 5.92 Å². The number of Topliss-reactive ketones (excluding diaryl/α,β-unsaturated/α-hetero) is 1. The third kappa shape index (κ3) is 1.40. The highest BCUT2D eigenvalue weighted by Gasteiger charge is 2.56. The number of aldehydes is 1. The fourth-order valence-electron chi connectivity index (χ4n) is 1.98. The Morgan fingerprint density at radius 2 is 1.93 bits per heavy atom. The molecule has 14 heavy (non-hydrogen) atoms. The summed E-state index contributed by atoms with van der Waals surface area (Å²) in [7, 11) is 0. The Morgan fingerprint density at radius 3 is 2.21 bits per heavy atom. The Labute approximate surface area is 84.8 Å². The molecule has 1 heterocycles. The van der Waals surface area contributed by atoms with Gasteiger partial charge in [0.15, 0.2) is 5.78 Å². The summed E-state index contributed by atoms with van der Waals surface area (Å²) in [4.78, 5) is 22.8. The monoisotopic (exact) mass is 198 g/mol. The first-order valence-corrected chi connectivity index (χ1v) is 5.13. The third-order valence-corrected chi connectivity index (χ3v) is 3.43. The van der Waals surface area contributed by atoms with Gasteiger partial charge in [0.2, 0.25) is 0 Å². The van der Waals surface area contributed by atoms with Crippen molar-refractivity contribution in [3.8, 4) is 0 Å². The third-order valence-electron chi connectivity index (χ3n) is 3.43. The molecule has 3 atom stereocenters. The summed E-state index contributed by atoms with van der Waals surface area (Å²) in [5.74, 6) is -0.670. The van der Waals surface area contributed by atoms with Crippen molar-refractivity contribution < 1.29 is 14.3 Å². The van der Waals surface area contributed by atoms with E-state index < -0.39 is 17.1 Å². The molecule has 3 heteroatoms. The van der Waals surface area contributed by atoms with Gasteiger partial charge in [0.25, 0.3) is 0 Å². The summed E-state index contributed by atoms with van der Waals surface area (Å²) in [6, 6.07) is 0. The maximum Gasteiger partial charge on any atom is 0.177 e. The van der Waals surface area contributed by atoms with Crippen LogP contribution in [0.2, 0.25) is 0 Å². The van der Waals surface area contributed by atoms with E-state index in [1.165, 1.54) is 0 Å². The molecular weight excluding hydrogens is 180 g/mol. The minimum atomic E-state index is -0.768. The van der Waals surface area contributed by atoms with Crippen LogP contribution in [0.3, 0.4) is 0 Å². The van der Waals surface area contributed by atoms with Crippen LogP contribution >= 0.6 is 0 Å². The van der Waals surface area contributed by atoms with Gasteiger partial charge in [-0.1, -0.05) is 13.8 Å². The van der Waals surface area contributed by atoms with E-state index in [4.69, 9.17) is 4.74 Å². The quantitative estimate of drug-likeness (QED) is 0.512. The number of carbonyl (C=O) groups excluding carboxylic acids is 2. The van der Waals surface area contributed by atoms with Crippen molar-refractivity contribution in [1.29, 1.82) is 0 Å². The van der Waals surface area contributed by atoms with Crippen LogP contribution in [0.1, 0.15) is 40.5 Å². The zero-order chi connectivity index (χ0) is 11.0. The van der Waals surface area contributed by atoms with Gasteiger partial charge in [-0.3, -0.25) is 4.79 Å². The molecule has 1 saturated heterocycles.